The second kappa shape index (κ2) is 10.1. The summed E-state index contributed by atoms with van der Waals surface area (Å²) in [4.78, 5) is 23.7. The van der Waals surface area contributed by atoms with E-state index in [1.807, 2.05) is 30.3 Å². The first-order valence-corrected chi connectivity index (χ1v) is 8.81. The molecule has 1 saturated carbocycles. The van der Waals surface area contributed by atoms with E-state index in [0.29, 0.717) is 19.1 Å². The van der Waals surface area contributed by atoms with Gasteiger partial charge in [-0.25, -0.2) is 0 Å². The van der Waals surface area contributed by atoms with E-state index >= 15 is 0 Å². The number of hydrogen-bond donors (Lipinski definition) is 2. The van der Waals surface area contributed by atoms with Gasteiger partial charge in [-0.3, -0.25) is 9.59 Å². The largest absolute Gasteiger partial charge is 0.378 e. The lowest BCUT2D eigenvalue weighted by Gasteiger charge is -2.23. The maximum Gasteiger partial charge on any atom is 0.245 e. The van der Waals surface area contributed by atoms with Crippen LogP contribution < -0.4 is 10.6 Å². The first-order chi connectivity index (χ1) is 11.6. The van der Waals surface area contributed by atoms with Gasteiger partial charge in [0.15, 0.2) is 0 Å². The highest BCUT2D eigenvalue weighted by Crippen LogP contribution is 2.23. The van der Waals surface area contributed by atoms with Gasteiger partial charge in [-0.05, 0) is 24.3 Å². The summed E-state index contributed by atoms with van der Waals surface area (Å²) >= 11 is 0. The molecule has 1 aromatic carbocycles. The van der Waals surface area contributed by atoms with E-state index in [9.17, 15) is 9.59 Å². The minimum absolute atomic E-state index is 0.210. The van der Waals surface area contributed by atoms with Crippen molar-refractivity contribution < 1.29 is 14.3 Å². The molecule has 24 heavy (non-hydrogen) atoms. The SMILES string of the molecule is CC(=O)N[C@H](COCC1CCCCC1)C(=O)NCc1ccccc1. The Kier molecular flexibility index (Phi) is 7.75. The first kappa shape index (κ1) is 18.5. The minimum atomic E-state index is -0.644. The third-order valence-electron chi connectivity index (χ3n) is 4.37. The van der Waals surface area contributed by atoms with Crippen molar-refractivity contribution in [1.29, 1.82) is 0 Å². The maximum absolute atomic E-state index is 12.3. The Hall–Kier alpha value is -1.88. The van der Waals surface area contributed by atoms with Crippen LogP contribution in [0.15, 0.2) is 30.3 Å². The molecular formula is C19H28N2O3. The Morgan fingerprint density at radius 3 is 2.54 bits per heavy atom. The van der Waals surface area contributed by atoms with Gasteiger partial charge in [-0.1, -0.05) is 49.6 Å². The fourth-order valence-electron chi connectivity index (χ4n) is 3.04. The molecule has 2 amide bonds. The molecule has 0 aromatic heterocycles. The van der Waals surface area contributed by atoms with Crippen LogP contribution in [0, 0.1) is 5.92 Å². The van der Waals surface area contributed by atoms with E-state index in [1.54, 1.807) is 0 Å². The van der Waals surface area contributed by atoms with Crippen LogP contribution in [0.3, 0.4) is 0 Å². The summed E-state index contributed by atoms with van der Waals surface area (Å²) in [6.45, 7) is 2.75. The van der Waals surface area contributed by atoms with Crippen LogP contribution in [0.2, 0.25) is 0 Å². The number of hydrogen-bond acceptors (Lipinski definition) is 3. The lowest BCUT2D eigenvalue weighted by Crippen LogP contribution is -2.48. The van der Waals surface area contributed by atoms with Gasteiger partial charge in [0.25, 0.3) is 0 Å². The number of benzene rings is 1. The fourth-order valence-corrected chi connectivity index (χ4v) is 3.04. The topological polar surface area (TPSA) is 67.4 Å². The third kappa shape index (κ3) is 6.71. The molecule has 1 atom stereocenters. The molecule has 1 aliphatic carbocycles. The van der Waals surface area contributed by atoms with Crippen LogP contribution in [0.4, 0.5) is 0 Å². The van der Waals surface area contributed by atoms with Crippen LogP contribution in [0.25, 0.3) is 0 Å². The van der Waals surface area contributed by atoms with Crippen molar-refractivity contribution >= 4 is 11.8 Å². The zero-order valence-corrected chi connectivity index (χ0v) is 14.4. The molecule has 5 heteroatoms. The van der Waals surface area contributed by atoms with Crippen molar-refractivity contribution in [3.05, 3.63) is 35.9 Å². The summed E-state index contributed by atoms with van der Waals surface area (Å²) < 4.78 is 5.73. The zero-order chi connectivity index (χ0) is 17.2. The Balaban J connectivity index is 1.77. The summed E-state index contributed by atoms with van der Waals surface area (Å²) in [7, 11) is 0. The lowest BCUT2D eigenvalue weighted by molar-refractivity contribution is -0.130. The summed E-state index contributed by atoms with van der Waals surface area (Å²) in [5, 5.41) is 5.54. The van der Waals surface area contributed by atoms with Gasteiger partial charge in [-0.2, -0.15) is 0 Å². The molecule has 5 nitrogen and oxygen atoms in total. The monoisotopic (exact) mass is 332 g/mol. The second-order valence-electron chi connectivity index (χ2n) is 6.50. The van der Waals surface area contributed by atoms with Crippen molar-refractivity contribution in [2.45, 2.75) is 51.6 Å². The third-order valence-corrected chi connectivity index (χ3v) is 4.37. The number of amides is 2. The number of nitrogens with one attached hydrogen (secondary N) is 2. The minimum Gasteiger partial charge on any atom is -0.378 e. The van der Waals surface area contributed by atoms with Gasteiger partial charge in [-0.15, -0.1) is 0 Å². The Labute approximate surface area is 144 Å². The van der Waals surface area contributed by atoms with Crippen molar-refractivity contribution in [3.63, 3.8) is 0 Å². The maximum atomic E-state index is 12.3. The average Bonchev–Trinajstić information content (AvgIpc) is 2.60. The Morgan fingerprint density at radius 2 is 1.88 bits per heavy atom. The average molecular weight is 332 g/mol. The summed E-state index contributed by atoms with van der Waals surface area (Å²) in [6, 6.07) is 9.06. The van der Waals surface area contributed by atoms with E-state index in [0.717, 1.165) is 5.56 Å². The van der Waals surface area contributed by atoms with Gasteiger partial charge in [0.05, 0.1) is 6.61 Å². The second-order valence-corrected chi connectivity index (χ2v) is 6.50. The normalized spacial score (nSPS) is 16.4. The van der Waals surface area contributed by atoms with Gasteiger partial charge in [0, 0.05) is 20.1 Å². The van der Waals surface area contributed by atoms with E-state index < -0.39 is 6.04 Å². The quantitative estimate of drug-likeness (QED) is 0.768. The Bertz CT molecular complexity index is 513. The molecule has 0 radical (unpaired) electrons. The number of carbonyl (C=O) groups is 2. The first-order valence-electron chi connectivity index (χ1n) is 8.81. The molecule has 0 heterocycles. The molecule has 2 rings (SSSR count). The summed E-state index contributed by atoms with van der Waals surface area (Å²) in [5.74, 6) is 0.151. The molecule has 2 N–H and O–H groups in total. The van der Waals surface area contributed by atoms with Crippen LogP contribution in [-0.2, 0) is 20.9 Å². The molecule has 0 spiro atoms. The van der Waals surface area contributed by atoms with E-state index in [1.165, 1.54) is 39.0 Å². The predicted octanol–water partition coefficient (Wildman–Crippen LogP) is 2.40. The smallest absolute Gasteiger partial charge is 0.245 e. The van der Waals surface area contributed by atoms with E-state index in [4.69, 9.17) is 4.74 Å². The lowest BCUT2D eigenvalue weighted by atomic mass is 9.90. The van der Waals surface area contributed by atoms with Gasteiger partial charge >= 0.3 is 0 Å². The van der Waals surface area contributed by atoms with E-state index in [2.05, 4.69) is 10.6 Å². The molecule has 1 fully saturated rings. The van der Waals surface area contributed by atoms with Gasteiger partial charge in [0.2, 0.25) is 11.8 Å². The number of ether oxygens (including phenoxy) is 1. The van der Waals surface area contributed by atoms with E-state index in [-0.39, 0.29) is 18.4 Å². The van der Waals surface area contributed by atoms with Crippen molar-refractivity contribution in [3.8, 4) is 0 Å². The Morgan fingerprint density at radius 1 is 1.17 bits per heavy atom. The van der Waals surface area contributed by atoms with Crippen LogP contribution in [-0.4, -0.2) is 31.1 Å². The molecule has 0 saturated heterocycles. The zero-order valence-electron chi connectivity index (χ0n) is 14.4. The fraction of sp³-hybridized carbons (Fsp3) is 0.579. The van der Waals surface area contributed by atoms with Gasteiger partial charge < -0.3 is 15.4 Å². The number of rotatable bonds is 8. The summed E-state index contributed by atoms with van der Waals surface area (Å²) in [6.07, 6.45) is 6.24. The molecule has 0 unspecified atom stereocenters. The summed E-state index contributed by atoms with van der Waals surface area (Å²) in [5.41, 5.74) is 1.02. The highest BCUT2D eigenvalue weighted by Gasteiger charge is 2.21. The molecule has 132 valence electrons. The van der Waals surface area contributed by atoms with Gasteiger partial charge in [0.1, 0.15) is 6.04 Å². The highest BCUT2D eigenvalue weighted by atomic mass is 16.5. The van der Waals surface area contributed by atoms with Crippen LogP contribution in [0.1, 0.15) is 44.6 Å². The molecular weight excluding hydrogens is 304 g/mol. The molecule has 1 aromatic rings. The standard InChI is InChI=1S/C19H28N2O3/c1-15(22)21-18(14-24-13-17-10-6-3-7-11-17)19(23)20-12-16-8-4-2-5-9-16/h2,4-5,8-9,17-18H,3,6-7,10-14H2,1H3,(H,20,23)(H,21,22)/t18-/m1/s1. The molecule has 1 aliphatic rings. The van der Waals surface area contributed by atoms with Crippen LogP contribution in [0.5, 0.6) is 0 Å². The van der Waals surface area contributed by atoms with Crippen LogP contribution >= 0.6 is 0 Å². The van der Waals surface area contributed by atoms with Crippen molar-refractivity contribution in [2.75, 3.05) is 13.2 Å². The molecule has 0 bridgehead atoms. The van der Waals surface area contributed by atoms with Crippen molar-refractivity contribution in [2.24, 2.45) is 5.92 Å². The predicted molar refractivity (Wildman–Crippen MR) is 93.3 cm³/mol. The van der Waals surface area contributed by atoms with Crippen molar-refractivity contribution in [1.82, 2.24) is 10.6 Å². The highest BCUT2D eigenvalue weighted by molar-refractivity contribution is 5.86. The number of carbonyl (C=O) groups excluding carboxylic acids is 2. The molecule has 0 aliphatic heterocycles.